The highest BCUT2D eigenvalue weighted by atomic mass is 16.6. The van der Waals surface area contributed by atoms with Gasteiger partial charge in [-0.2, -0.15) is 0 Å². The van der Waals surface area contributed by atoms with Crippen molar-refractivity contribution in [2.75, 3.05) is 0 Å². The molecule has 0 aliphatic carbocycles. The molecule has 90 valence electrons. The van der Waals surface area contributed by atoms with Gasteiger partial charge in [0.2, 0.25) is 6.20 Å². The van der Waals surface area contributed by atoms with Crippen LogP contribution in [0.3, 0.4) is 0 Å². The van der Waals surface area contributed by atoms with Gasteiger partial charge in [-0.1, -0.05) is 54.1 Å². The normalized spacial score (nSPS) is 10.7. The number of aryl methyl sites for hydroxylation is 1. The quantitative estimate of drug-likeness (QED) is 0.602. The fraction of sp³-hybridized carbons (Fsp3) is 0.0667. The smallest absolute Gasteiger partial charge is 0.235 e. The highest BCUT2D eigenvalue weighted by molar-refractivity contribution is 5.75. The van der Waals surface area contributed by atoms with Gasteiger partial charge in [0.25, 0.3) is 0 Å². The lowest BCUT2D eigenvalue weighted by atomic mass is 9.98. The van der Waals surface area contributed by atoms with Crippen LogP contribution >= 0.6 is 0 Å². The zero-order valence-electron chi connectivity index (χ0n) is 10.0. The minimum Gasteiger partial charge on any atom is -0.259 e. The molecule has 0 unspecified atom stereocenters. The Balaban J connectivity index is 2.50. The first-order chi connectivity index (χ1) is 8.66. The van der Waals surface area contributed by atoms with E-state index in [4.69, 9.17) is 0 Å². The Hall–Kier alpha value is -2.42. The molecule has 0 fully saturated rings. The van der Waals surface area contributed by atoms with Gasteiger partial charge < -0.3 is 0 Å². The van der Waals surface area contributed by atoms with Crippen LogP contribution in [0.2, 0.25) is 0 Å². The fourth-order valence-corrected chi connectivity index (χ4v) is 1.84. The average molecular weight is 239 g/mol. The van der Waals surface area contributed by atoms with Crippen LogP contribution in [0.4, 0.5) is 0 Å². The summed E-state index contributed by atoms with van der Waals surface area (Å²) in [6.07, 6.45) is 2.51. The van der Waals surface area contributed by atoms with Crippen LogP contribution < -0.4 is 0 Å². The van der Waals surface area contributed by atoms with Crippen molar-refractivity contribution in [2.45, 2.75) is 6.92 Å². The number of hydrogen-bond donors (Lipinski definition) is 0. The molecular weight excluding hydrogens is 226 g/mol. The van der Waals surface area contributed by atoms with Gasteiger partial charge in [0.15, 0.2) is 0 Å². The summed E-state index contributed by atoms with van der Waals surface area (Å²) in [4.78, 5) is 9.98. The first-order valence-electron chi connectivity index (χ1n) is 5.64. The van der Waals surface area contributed by atoms with E-state index >= 15 is 0 Å². The summed E-state index contributed by atoms with van der Waals surface area (Å²) in [5.41, 5.74) is 4.00. The highest BCUT2D eigenvalue weighted by Crippen LogP contribution is 2.25. The molecule has 2 aromatic carbocycles. The monoisotopic (exact) mass is 239 g/mol. The molecule has 0 saturated carbocycles. The van der Waals surface area contributed by atoms with Gasteiger partial charge in [-0.05, 0) is 23.6 Å². The van der Waals surface area contributed by atoms with Crippen molar-refractivity contribution in [3.8, 4) is 11.1 Å². The number of nitrogens with zero attached hydrogens (tertiary/aromatic N) is 1. The number of hydrogen-bond acceptors (Lipinski definition) is 2. The third-order valence-electron chi connectivity index (χ3n) is 2.67. The van der Waals surface area contributed by atoms with E-state index in [0.717, 1.165) is 28.5 Å². The van der Waals surface area contributed by atoms with Gasteiger partial charge in [0, 0.05) is 6.08 Å². The zero-order valence-corrected chi connectivity index (χ0v) is 10.0. The van der Waals surface area contributed by atoms with Crippen LogP contribution in [0.25, 0.3) is 17.2 Å². The predicted octanol–water partition coefficient (Wildman–Crippen LogP) is 3.91. The molecule has 0 bridgehead atoms. The van der Waals surface area contributed by atoms with Gasteiger partial charge in [-0.3, -0.25) is 10.1 Å². The molecule has 0 aliphatic rings. The maximum absolute atomic E-state index is 10.4. The Kier molecular flexibility index (Phi) is 3.53. The van der Waals surface area contributed by atoms with Gasteiger partial charge in [0.05, 0.1) is 4.92 Å². The molecule has 2 aromatic rings. The predicted molar refractivity (Wildman–Crippen MR) is 72.6 cm³/mol. The molecule has 2 rings (SSSR count). The van der Waals surface area contributed by atoms with E-state index in [1.165, 1.54) is 6.08 Å². The molecule has 0 aromatic heterocycles. The first-order valence-corrected chi connectivity index (χ1v) is 5.64. The molecule has 0 N–H and O–H groups in total. The van der Waals surface area contributed by atoms with E-state index in [-0.39, 0.29) is 0 Å². The lowest BCUT2D eigenvalue weighted by Crippen LogP contribution is -1.87. The standard InChI is InChI=1S/C15H13NO2/c1-12-7-8-15(13-5-3-2-4-6-13)14(11-12)9-10-16(17)18/h2-11H,1H3/b10-9+. The van der Waals surface area contributed by atoms with E-state index in [2.05, 4.69) is 0 Å². The van der Waals surface area contributed by atoms with Crippen molar-refractivity contribution in [3.05, 3.63) is 76.0 Å². The number of benzene rings is 2. The van der Waals surface area contributed by atoms with E-state index in [0.29, 0.717) is 0 Å². The van der Waals surface area contributed by atoms with Crippen LogP contribution in [-0.2, 0) is 0 Å². The second-order valence-corrected chi connectivity index (χ2v) is 4.06. The number of rotatable bonds is 3. The van der Waals surface area contributed by atoms with Crippen molar-refractivity contribution in [3.63, 3.8) is 0 Å². The first kappa shape index (κ1) is 12.0. The molecule has 0 heterocycles. The third-order valence-corrected chi connectivity index (χ3v) is 2.67. The van der Waals surface area contributed by atoms with Gasteiger partial charge in [0.1, 0.15) is 0 Å². The van der Waals surface area contributed by atoms with Crippen molar-refractivity contribution in [1.82, 2.24) is 0 Å². The van der Waals surface area contributed by atoms with Crippen molar-refractivity contribution >= 4 is 6.08 Å². The average Bonchev–Trinajstić information content (AvgIpc) is 2.37. The van der Waals surface area contributed by atoms with Crippen molar-refractivity contribution in [1.29, 1.82) is 0 Å². The van der Waals surface area contributed by atoms with Crippen LogP contribution in [0.15, 0.2) is 54.7 Å². The molecule has 0 amide bonds. The lowest BCUT2D eigenvalue weighted by Gasteiger charge is -2.06. The summed E-state index contributed by atoms with van der Waals surface area (Å²) >= 11 is 0. The zero-order chi connectivity index (χ0) is 13.0. The maximum atomic E-state index is 10.4. The van der Waals surface area contributed by atoms with Crippen LogP contribution in [-0.4, -0.2) is 4.92 Å². The summed E-state index contributed by atoms with van der Waals surface area (Å²) < 4.78 is 0. The Morgan fingerprint density at radius 2 is 1.83 bits per heavy atom. The van der Waals surface area contributed by atoms with Gasteiger partial charge in [-0.15, -0.1) is 0 Å². The molecule has 0 spiro atoms. The summed E-state index contributed by atoms with van der Waals surface area (Å²) in [6, 6.07) is 15.8. The van der Waals surface area contributed by atoms with Crippen LogP contribution in [0.5, 0.6) is 0 Å². The molecule has 3 heteroatoms. The molecular formula is C15H13NO2. The second kappa shape index (κ2) is 5.27. The summed E-state index contributed by atoms with van der Waals surface area (Å²) in [5, 5.41) is 10.4. The molecule has 0 radical (unpaired) electrons. The third kappa shape index (κ3) is 2.83. The Labute approximate surface area is 106 Å². The van der Waals surface area contributed by atoms with E-state index in [1.54, 1.807) is 0 Å². The SMILES string of the molecule is Cc1ccc(-c2ccccc2)c(/C=C/[N+](=O)[O-])c1. The largest absolute Gasteiger partial charge is 0.259 e. The Bertz CT molecular complexity index is 589. The van der Waals surface area contributed by atoms with Gasteiger partial charge in [-0.25, -0.2) is 0 Å². The van der Waals surface area contributed by atoms with Crippen molar-refractivity contribution < 1.29 is 4.92 Å². The van der Waals surface area contributed by atoms with E-state index in [9.17, 15) is 10.1 Å². The van der Waals surface area contributed by atoms with Gasteiger partial charge >= 0.3 is 0 Å². The highest BCUT2D eigenvalue weighted by Gasteiger charge is 2.03. The summed E-state index contributed by atoms with van der Waals surface area (Å²) in [5.74, 6) is 0. The number of nitro groups is 1. The fourth-order valence-electron chi connectivity index (χ4n) is 1.84. The van der Waals surface area contributed by atoms with Crippen LogP contribution in [0, 0.1) is 17.0 Å². The minimum absolute atomic E-state index is 0.447. The van der Waals surface area contributed by atoms with Crippen LogP contribution in [0.1, 0.15) is 11.1 Å². The Morgan fingerprint density at radius 1 is 1.11 bits per heavy atom. The molecule has 0 atom stereocenters. The maximum Gasteiger partial charge on any atom is 0.235 e. The van der Waals surface area contributed by atoms with E-state index in [1.807, 2.05) is 55.5 Å². The minimum atomic E-state index is -0.447. The lowest BCUT2D eigenvalue weighted by molar-refractivity contribution is -0.400. The summed E-state index contributed by atoms with van der Waals surface area (Å²) in [7, 11) is 0. The topological polar surface area (TPSA) is 43.1 Å². The summed E-state index contributed by atoms with van der Waals surface area (Å²) in [6.45, 7) is 1.97. The van der Waals surface area contributed by atoms with Crippen molar-refractivity contribution in [2.24, 2.45) is 0 Å². The molecule has 0 saturated heterocycles. The second-order valence-electron chi connectivity index (χ2n) is 4.06. The molecule has 0 aliphatic heterocycles. The Morgan fingerprint density at radius 3 is 2.50 bits per heavy atom. The molecule has 3 nitrogen and oxygen atoms in total. The molecule has 18 heavy (non-hydrogen) atoms. The van der Waals surface area contributed by atoms with E-state index < -0.39 is 4.92 Å².